The van der Waals surface area contributed by atoms with Gasteiger partial charge in [0.25, 0.3) is 0 Å². The maximum absolute atomic E-state index is 12.9. The van der Waals surface area contributed by atoms with Gasteiger partial charge in [-0.15, -0.1) is 0 Å². The number of anilines is 1. The van der Waals surface area contributed by atoms with E-state index in [1.54, 1.807) is 18.5 Å². The van der Waals surface area contributed by atoms with E-state index >= 15 is 0 Å². The van der Waals surface area contributed by atoms with Gasteiger partial charge in [0.1, 0.15) is 0 Å². The Balaban J connectivity index is 1.80. The third-order valence-corrected chi connectivity index (χ3v) is 4.88. The molecule has 138 valence electrons. The van der Waals surface area contributed by atoms with Crippen molar-refractivity contribution in [3.05, 3.63) is 59.9 Å². The second-order valence-electron chi connectivity index (χ2n) is 6.35. The molecule has 0 amide bonds. The number of hydrogen-bond donors (Lipinski definition) is 1. The second kappa shape index (κ2) is 8.03. The summed E-state index contributed by atoms with van der Waals surface area (Å²) in [5, 5.41) is 3.45. The van der Waals surface area contributed by atoms with Gasteiger partial charge >= 0.3 is 6.18 Å². The Bertz CT molecular complexity index is 749. The van der Waals surface area contributed by atoms with Crippen LogP contribution in [0.5, 0.6) is 0 Å². The van der Waals surface area contributed by atoms with Crippen LogP contribution in [0.2, 0.25) is 0 Å². The molecule has 1 atom stereocenters. The molecule has 1 aromatic carbocycles. The Hall–Kier alpha value is -2.15. The summed E-state index contributed by atoms with van der Waals surface area (Å²) >= 11 is 5.55. The van der Waals surface area contributed by atoms with E-state index in [4.69, 9.17) is 12.2 Å². The topological polar surface area (TPSA) is 28.2 Å². The number of nitrogens with zero attached hydrogens (tertiary/aromatic N) is 2. The summed E-state index contributed by atoms with van der Waals surface area (Å²) in [6.45, 7) is 0.776. The van der Waals surface area contributed by atoms with Crippen LogP contribution in [-0.2, 0) is 6.18 Å². The van der Waals surface area contributed by atoms with Gasteiger partial charge in [0, 0.05) is 24.6 Å². The average molecular weight is 379 g/mol. The minimum Gasteiger partial charge on any atom is -0.342 e. The molecule has 0 saturated carbocycles. The Kier molecular flexibility index (Phi) is 5.76. The summed E-state index contributed by atoms with van der Waals surface area (Å²) in [6, 6.07) is 9.17. The van der Waals surface area contributed by atoms with E-state index in [0.29, 0.717) is 10.8 Å². The molecule has 7 heteroatoms. The van der Waals surface area contributed by atoms with Crippen LogP contribution in [0.1, 0.15) is 42.9 Å². The molecule has 1 fully saturated rings. The van der Waals surface area contributed by atoms with Crippen molar-refractivity contribution in [1.82, 2.24) is 9.88 Å². The number of likely N-dealkylation sites (tertiary alicyclic amines) is 1. The van der Waals surface area contributed by atoms with E-state index in [9.17, 15) is 13.2 Å². The van der Waals surface area contributed by atoms with E-state index in [1.165, 1.54) is 6.07 Å². The number of halogens is 3. The first-order valence-electron chi connectivity index (χ1n) is 8.60. The molecule has 0 unspecified atom stereocenters. The van der Waals surface area contributed by atoms with Crippen LogP contribution in [0, 0.1) is 0 Å². The first-order chi connectivity index (χ1) is 12.4. The fourth-order valence-electron chi connectivity index (χ4n) is 3.25. The summed E-state index contributed by atoms with van der Waals surface area (Å²) < 4.78 is 38.8. The van der Waals surface area contributed by atoms with Crippen molar-refractivity contribution in [2.45, 2.75) is 37.9 Å². The predicted molar refractivity (Wildman–Crippen MR) is 99.8 cm³/mol. The van der Waals surface area contributed by atoms with E-state index in [-0.39, 0.29) is 6.04 Å². The second-order valence-corrected chi connectivity index (χ2v) is 6.73. The lowest BCUT2D eigenvalue weighted by atomic mass is 10.0. The molecule has 1 aliphatic heterocycles. The zero-order valence-electron chi connectivity index (χ0n) is 14.2. The number of pyridine rings is 1. The van der Waals surface area contributed by atoms with Crippen molar-refractivity contribution < 1.29 is 13.2 Å². The van der Waals surface area contributed by atoms with Gasteiger partial charge in [-0.05, 0) is 61.0 Å². The van der Waals surface area contributed by atoms with E-state index < -0.39 is 11.7 Å². The molecule has 0 spiro atoms. The Morgan fingerprint density at radius 2 is 1.88 bits per heavy atom. The van der Waals surface area contributed by atoms with Gasteiger partial charge in [0.15, 0.2) is 5.11 Å². The lowest BCUT2D eigenvalue weighted by Gasteiger charge is -2.33. The predicted octanol–water partition coefficient (Wildman–Crippen LogP) is 5.41. The van der Waals surface area contributed by atoms with Crippen LogP contribution in [0.25, 0.3) is 0 Å². The van der Waals surface area contributed by atoms with Gasteiger partial charge < -0.3 is 10.2 Å². The SMILES string of the molecule is FC(F)(F)c1cccc(NC(=S)N2CCCCC[C@H]2c2ccncc2)c1. The smallest absolute Gasteiger partial charge is 0.342 e. The zero-order valence-corrected chi connectivity index (χ0v) is 15.0. The summed E-state index contributed by atoms with van der Waals surface area (Å²) in [4.78, 5) is 6.14. The summed E-state index contributed by atoms with van der Waals surface area (Å²) in [6.07, 6.45) is 3.30. The minimum atomic E-state index is -4.37. The molecule has 3 nitrogen and oxygen atoms in total. The highest BCUT2D eigenvalue weighted by Gasteiger charge is 2.31. The van der Waals surface area contributed by atoms with Crippen molar-refractivity contribution in [3.8, 4) is 0 Å². The largest absolute Gasteiger partial charge is 0.416 e. The van der Waals surface area contributed by atoms with Crippen LogP contribution in [0.4, 0.5) is 18.9 Å². The van der Waals surface area contributed by atoms with Gasteiger partial charge in [-0.2, -0.15) is 13.2 Å². The third-order valence-electron chi connectivity index (χ3n) is 4.55. The van der Waals surface area contributed by atoms with Crippen molar-refractivity contribution in [2.75, 3.05) is 11.9 Å². The third kappa shape index (κ3) is 4.52. The highest BCUT2D eigenvalue weighted by molar-refractivity contribution is 7.80. The number of benzene rings is 1. The fourth-order valence-corrected chi connectivity index (χ4v) is 3.59. The van der Waals surface area contributed by atoms with Crippen LogP contribution in [0.3, 0.4) is 0 Å². The molecular weight excluding hydrogens is 359 g/mol. The highest BCUT2D eigenvalue weighted by atomic mass is 32.1. The van der Waals surface area contributed by atoms with E-state index in [1.807, 2.05) is 12.1 Å². The normalized spacial score (nSPS) is 18.3. The fraction of sp³-hybridized carbons (Fsp3) is 0.368. The molecule has 0 bridgehead atoms. The summed E-state index contributed by atoms with van der Waals surface area (Å²) in [5.41, 5.74) is 0.782. The molecule has 1 N–H and O–H groups in total. The highest BCUT2D eigenvalue weighted by Crippen LogP contribution is 2.32. The molecule has 1 aromatic heterocycles. The Labute approximate surface area is 156 Å². The lowest BCUT2D eigenvalue weighted by Crippen LogP contribution is -2.37. The van der Waals surface area contributed by atoms with Crippen molar-refractivity contribution in [3.63, 3.8) is 0 Å². The number of thiocarbonyl (C=S) groups is 1. The van der Waals surface area contributed by atoms with Crippen LogP contribution in [-0.4, -0.2) is 21.5 Å². The summed E-state index contributed by atoms with van der Waals surface area (Å²) in [7, 11) is 0. The lowest BCUT2D eigenvalue weighted by molar-refractivity contribution is -0.137. The molecule has 2 heterocycles. The quantitative estimate of drug-likeness (QED) is 0.706. The van der Waals surface area contributed by atoms with Gasteiger partial charge in [-0.25, -0.2) is 0 Å². The number of aromatic nitrogens is 1. The molecule has 26 heavy (non-hydrogen) atoms. The first kappa shape index (κ1) is 18.6. The molecule has 1 aliphatic rings. The Morgan fingerprint density at radius 3 is 2.62 bits per heavy atom. The number of alkyl halides is 3. The van der Waals surface area contributed by atoms with E-state index in [0.717, 1.165) is 49.9 Å². The van der Waals surface area contributed by atoms with Gasteiger partial charge in [0.05, 0.1) is 11.6 Å². The maximum Gasteiger partial charge on any atom is 0.416 e. The van der Waals surface area contributed by atoms with Crippen molar-refractivity contribution in [2.24, 2.45) is 0 Å². The number of rotatable bonds is 2. The van der Waals surface area contributed by atoms with E-state index in [2.05, 4.69) is 15.2 Å². The number of hydrogen-bond acceptors (Lipinski definition) is 2. The van der Waals surface area contributed by atoms with Crippen molar-refractivity contribution in [1.29, 1.82) is 0 Å². The molecule has 3 rings (SSSR count). The molecular formula is C19H20F3N3S. The van der Waals surface area contributed by atoms with Gasteiger partial charge in [-0.1, -0.05) is 18.9 Å². The Morgan fingerprint density at radius 1 is 1.12 bits per heavy atom. The standard InChI is InChI=1S/C19H20F3N3S/c20-19(21,22)15-5-4-6-16(13-15)24-18(26)25-12-3-1-2-7-17(25)14-8-10-23-11-9-14/h4-6,8-11,13,17H,1-3,7,12H2,(H,24,26)/t17-/m0/s1. The van der Waals surface area contributed by atoms with Crippen LogP contribution >= 0.6 is 12.2 Å². The minimum absolute atomic E-state index is 0.103. The zero-order chi connectivity index (χ0) is 18.6. The van der Waals surface area contributed by atoms with Crippen LogP contribution in [0.15, 0.2) is 48.8 Å². The maximum atomic E-state index is 12.9. The molecule has 0 aliphatic carbocycles. The first-order valence-corrected chi connectivity index (χ1v) is 9.01. The van der Waals surface area contributed by atoms with Gasteiger partial charge in [-0.3, -0.25) is 4.98 Å². The molecule has 0 radical (unpaired) electrons. The molecule has 1 saturated heterocycles. The van der Waals surface area contributed by atoms with Crippen LogP contribution < -0.4 is 5.32 Å². The summed E-state index contributed by atoms with van der Waals surface area (Å²) in [5.74, 6) is 0. The molecule has 2 aromatic rings. The van der Waals surface area contributed by atoms with Gasteiger partial charge in [0.2, 0.25) is 0 Å². The number of nitrogens with one attached hydrogen (secondary N) is 1. The monoisotopic (exact) mass is 379 g/mol. The average Bonchev–Trinajstić information content (AvgIpc) is 2.88. The van der Waals surface area contributed by atoms with Crippen molar-refractivity contribution >= 4 is 23.0 Å².